The molecule has 1 amide bonds. The lowest BCUT2D eigenvalue weighted by molar-refractivity contribution is 0.0952. The molecule has 1 fully saturated rings. The Morgan fingerprint density at radius 3 is 2.49 bits per heavy atom. The van der Waals surface area contributed by atoms with Gasteiger partial charge in [-0.3, -0.25) is 9.59 Å². The third kappa shape index (κ3) is 5.92. The van der Waals surface area contributed by atoms with E-state index in [0.29, 0.717) is 17.7 Å². The molecule has 41 heavy (non-hydrogen) atoms. The monoisotopic (exact) mass is 556 g/mol. The standard InChI is InChI=1S/C32H40N6O3/c1-20-13-22(3)35-32(40)27(20)17-34-31(39)26-14-25(15-28-30(26)21(2)18-38(28)23(4)19-41-6)24-7-8-29(33-16-24)37-11-9-36(5)10-12-37/h7-8,13-16,18,23H,9-12,17,19H2,1-6H3,(H,34,39)(H,35,40)/t23-/m0/s1. The normalized spacial score (nSPS) is 14.9. The highest BCUT2D eigenvalue weighted by molar-refractivity contribution is 6.09. The molecular formula is C32H40N6O3. The van der Waals surface area contributed by atoms with Crippen LogP contribution in [0.15, 0.2) is 47.5 Å². The predicted octanol–water partition coefficient (Wildman–Crippen LogP) is 4.21. The van der Waals surface area contributed by atoms with Crippen LogP contribution >= 0.6 is 0 Å². The third-order valence-electron chi connectivity index (χ3n) is 8.08. The Balaban J connectivity index is 1.53. The van der Waals surface area contributed by atoms with Gasteiger partial charge in [0.15, 0.2) is 0 Å². The van der Waals surface area contributed by atoms with Gasteiger partial charge in [-0.15, -0.1) is 0 Å². The van der Waals surface area contributed by atoms with Crippen LogP contribution in [0.3, 0.4) is 0 Å². The number of piperazine rings is 1. The number of likely N-dealkylation sites (N-methyl/N-ethyl adjacent to an activating group) is 1. The van der Waals surface area contributed by atoms with Gasteiger partial charge in [-0.25, -0.2) is 4.98 Å². The van der Waals surface area contributed by atoms with Gasteiger partial charge in [-0.05, 0) is 81.8 Å². The maximum absolute atomic E-state index is 13.8. The van der Waals surface area contributed by atoms with Gasteiger partial charge < -0.3 is 29.4 Å². The van der Waals surface area contributed by atoms with Gasteiger partial charge in [0.1, 0.15) is 5.82 Å². The second-order valence-electron chi connectivity index (χ2n) is 11.3. The molecule has 0 unspecified atom stereocenters. The molecule has 0 radical (unpaired) electrons. The smallest absolute Gasteiger partial charge is 0.253 e. The first-order valence-electron chi connectivity index (χ1n) is 14.2. The number of amides is 1. The molecule has 1 aromatic carbocycles. The average Bonchev–Trinajstić information content (AvgIpc) is 3.29. The van der Waals surface area contributed by atoms with E-state index in [1.807, 2.05) is 39.1 Å². The van der Waals surface area contributed by atoms with E-state index in [4.69, 9.17) is 9.72 Å². The molecule has 0 bridgehead atoms. The fourth-order valence-corrected chi connectivity index (χ4v) is 5.76. The second-order valence-corrected chi connectivity index (χ2v) is 11.3. The highest BCUT2D eigenvalue weighted by Gasteiger charge is 2.21. The van der Waals surface area contributed by atoms with Gasteiger partial charge in [0.2, 0.25) is 0 Å². The van der Waals surface area contributed by atoms with Crippen molar-refractivity contribution in [3.05, 3.63) is 81.0 Å². The summed E-state index contributed by atoms with van der Waals surface area (Å²) in [6.07, 6.45) is 3.98. The number of H-pyrrole nitrogens is 1. The number of anilines is 1. The number of hydrogen-bond donors (Lipinski definition) is 2. The number of ether oxygens (including phenoxy) is 1. The Bertz CT molecular complexity index is 1610. The zero-order valence-corrected chi connectivity index (χ0v) is 24.9. The number of carbonyl (C=O) groups excluding carboxylic acids is 1. The van der Waals surface area contributed by atoms with Crippen LogP contribution in [-0.2, 0) is 11.3 Å². The second kappa shape index (κ2) is 11.9. The highest BCUT2D eigenvalue weighted by Crippen LogP contribution is 2.33. The molecule has 9 heteroatoms. The molecule has 0 spiro atoms. The van der Waals surface area contributed by atoms with Gasteiger partial charge in [0, 0.05) is 80.0 Å². The Morgan fingerprint density at radius 1 is 1.07 bits per heavy atom. The summed E-state index contributed by atoms with van der Waals surface area (Å²) >= 11 is 0. The molecular weight excluding hydrogens is 516 g/mol. The largest absolute Gasteiger partial charge is 0.383 e. The number of aromatic nitrogens is 3. The first-order chi connectivity index (χ1) is 19.7. The van der Waals surface area contributed by atoms with Crippen molar-refractivity contribution in [3.8, 4) is 11.1 Å². The summed E-state index contributed by atoms with van der Waals surface area (Å²) in [6.45, 7) is 12.5. The van der Waals surface area contributed by atoms with Crippen molar-refractivity contribution in [1.29, 1.82) is 0 Å². The van der Waals surface area contributed by atoms with Crippen LogP contribution in [0.1, 0.15) is 45.7 Å². The summed E-state index contributed by atoms with van der Waals surface area (Å²) in [5.41, 5.74) is 6.42. The molecule has 5 rings (SSSR count). The topological polar surface area (TPSA) is 95.5 Å². The fraction of sp³-hybridized carbons (Fsp3) is 0.406. The molecule has 4 heterocycles. The van der Waals surface area contributed by atoms with E-state index in [9.17, 15) is 9.59 Å². The number of pyridine rings is 2. The zero-order valence-electron chi connectivity index (χ0n) is 24.9. The Kier molecular flexibility index (Phi) is 8.28. The minimum absolute atomic E-state index is 0.0776. The highest BCUT2D eigenvalue weighted by atomic mass is 16.5. The summed E-state index contributed by atoms with van der Waals surface area (Å²) < 4.78 is 7.63. The molecule has 1 aliphatic rings. The molecule has 0 aliphatic carbocycles. The van der Waals surface area contributed by atoms with Crippen LogP contribution < -0.4 is 15.8 Å². The SMILES string of the molecule is COC[C@H](C)n1cc(C)c2c(C(=O)NCc3c(C)cc(C)[nH]c3=O)cc(-c3ccc(N4CCN(C)CC4)nc3)cc21. The van der Waals surface area contributed by atoms with E-state index >= 15 is 0 Å². The lowest BCUT2D eigenvalue weighted by Gasteiger charge is -2.33. The number of nitrogens with zero attached hydrogens (tertiary/aromatic N) is 4. The van der Waals surface area contributed by atoms with E-state index < -0.39 is 0 Å². The minimum atomic E-state index is -0.224. The number of rotatable bonds is 8. The van der Waals surface area contributed by atoms with Crippen molar-refractivity contribution < 1.29 is 9.53 Å². The van der Waals surface area contributed by atoms with Crippen LogP contribution in [0.5, 0.6) is 0 Å². The van der Waals surface area contributed by atoms with Gasteiger partial charge in [-0.1, -0.05) is 0 Å². The van der Waals surface area contributed by atoms with Gasteiger partial charge in [0.25, 0.3) is 11.5 Å². The fourth-order valence-electron chi connectivity index (χ4n) is 5.76. The molecule has 2 N–H and O–H groups in total. The summed E-state index contributed by atoms with van der Waals surface area (Å²) in [5.74, 6) is 0.742. The molecule has 0 saturated carbocycles. The number of aromatic amines is 1. The van der Waals surface area contributed by atoms with Crippen LogP contribution in [0, 0.1) is 20.8 Å². The first kappa shape index (κ1) is 28.6. The summed E-state index contributed by atoms with van der Waals surface area (Å²) in [4.78, 5) is 38.6. The Morgan fingerprint density at radius 2 is 1.83 bits per heavy atom. The van der Waals surface area contributed by atoms with Crippen molar-refractivity contribution in [2.24, 2.45) is 0 Å². The summed E-state index contributed by atoms with van der Waals surface area (Å²) in [7, 11) is 3.84. The predicted molar refractivity (Wildman–Crippen MR) is 164 cm³/mol. The lowest BCUT2D eigenvalue weighted by Crippen LogP contribution is -2.44. The molecule has 1 aliphatic heterocycles. The van der Waals surface area contributed by atoms with E-state index in [-0.39, 0.29) is 24.1 Å². The zero-order chi connectivity index (χ0) is 29.3. The number of hydrogen-bond acceptors (Lipinski definition) is 6. The van der Waals surface area contributed by atoms with Crippen molar-refractivity contribution in [2.45, 2.75) is 40.3 Å². The van der Waals surface area contributed by atoms with Gasteiger partial charge in [0.05, 0.1) is 18.2 Å². The Hall–Kier alpha value is -3.95. The number of benzene rings is 1. The number of carbonyl (C=O) groups is 1. The van der Waals surface area contributed by atoms with E-state index in [1.54, 1.807) is 7.11 Å². The van der Waals surface area contributed by atoms with Crippen LogP contribution in [-0.4, -0.2) is 72.3 Å². The average molecular weight is 557 g/mol. The third-order valence-corrected chi connectivity index (χ3v) is 8.08. The number of nitrogens with one attached hydrogen (secondary N) is 2. The van der Waals surface area contributed by atoms with Crippen molar-refractivity contribution in [3.63, 3.8) is 0 Å². The van der Waals surface area contributed by atoms with Gasteiger partial charge >= 0.3 is 0 Å². The molecule has 3 aromatic heterocycles. The van der Waals surface area contributed by atoms with E-state index in [1.165, 1.54) is 0 Å². The molecule has 1 saturated heterocycles. The maximum Gasteiger partial charge on any atom is 0.253 e. The first-order valence-corrected chi connectivity index (χ1v) is 14.2. The van der Waals surface area contributed by atoms with E-state index in [0.717, 1.165) is 70.8 Å². The Labute approximate surface area is 241 Å². The maximum atomic E-state index is 13.8. The minimum Gasteiger partial charge on any atom is -0.383 e. The molecule has 9 nitrogen and oxygen atoms in total. The van der Waals surface area contributed by atoms with Crippen LogP contribution in [0.4, 0.5) is 5.82 Å². The van der Waals surface area contributed by atoms with Gasteiger partial charge in [-0.2, -0.15) is 0 Å². The van der Waals surface area contributed by atoms with Crippen LogP contribution in [0.2, 0.25) is 0 Å². The van der Waals surface area contributed by atoms with Crippen molar-refractivity contribution in [1.82, 2.24) is 24.8 Å². The summed E-state index contributed by atoms with van der Waals surface area (Å²) in [6, 6.07) is 10.2. The number of methoxy groups -OCH3 is 1. The van der Waals surface area contributed by atoms with E-state index in [2.05, 4.69) is 63.0 Å². The number of fused-ring (bicyclic) bond motifs is 1. The lowest BCUT2D eigenvalue weighted by atomic mass is 9.98. The van der Waals surface area contributed by atoms with Crippen LogP contribution in [0.25, 0.3) is 22.0 Å². The molecule has 4 aromatic rings. The summed E-state index contributed by atoms with van der Waals surface area (Å²) in [5, 5.41) is 3.91. The van der Waals surface area contributed by atoms with Crippen molar-refractivity contribution in [2.75, 3.05) is 51.8 Å². The number of aryl methyl sites for hydroxylation is 3. The molecule has 1 atom stereocenters. The molecule has 216 valence electrons. The quantitative estimate of drug-likeness (QED) is 0.338. The van der Waals surface area contributed by atoms with Crippen molar-refractivity contribution >= 4 is 22.6 Å².